The minimum atomic E-state index is -0.395. The molecular weight excluding hydrogens is 477 g/mol. The fourth-order valence-corrected chi connectivity index (χ4v) is 4.47. The first-order valence-electron chi connectivity index (χ1n) is 11.7. The molecule has 2 atom stereocenters. The van der Waals surface area contributed by atoms with Crippen LogP contribution < -0.4 is 21.3 Å². The second kappa shape index (κ2) is 11.6. The zero-order valence-corrected chi connectivity index (χ0v) is 20.1. The lowest BCUT2D eigenvalue weighted by atomic mass is 9.91. The molecule has 1 saturated heterocycles. The molecule has 196 valence electrons. The lowest BCUT2D eigenvalue weighted by Crippen LogP contribution is -2.43. The summed E-state index contributed by atoms with van der Waals surface area (Å²) in [7, 11) is 1.54. The van der Waals surface area contributed by atoms with E-state index in [9.17, 15) is 4.39 Å². The summed E-state index contributed by atoms with van der Waals surface area (Å²) < 4.78 is 25.3. The summed E-state index contributed by atoms with van der Waals surface area (Å²) >= 11 is 0. The van der Waals surface area contributed by atoms with Gasteiger partial charge in [-0.2, -0.15) is 0 Å². The average Bonchev–Trinajstić information content (AvgIpc) is 2.88. The van der Waals surface area contributed by atoms with Crippen LogP contribution in [0.2, 0.25) is 0 Å². The van der Waals surface area contributed by atoms with Crippen LogP contribution in [0.1, 0.15) is 36.0 Å². The third-order valence-electron chi connectivity index (χ3n) is 6.12. The quantitative estimate of drug-likeness (QED) is 0.430. The number of aliphatic imine (C=N–C) groups is 1. The number of aromatic nitrogens is 3. The predicted octanol–water partition coefficient (Wildman–Crippen LogP) is 2.77. The first-order chi connectivity index (χ1) is 17.5. The highest BCUT2D eigenvalue weighted by Crippen LogP contribution is 2.36. The van der Waals surface area contributed by atoms with Gasteiger partial charge in [0.25, 0.3) is 0 Å². The zero-order chi connectivity index (χ0) is 25.1. The number of amidine groups is 1. The summed E-state index contributed by atoms with van der Waals surface area (Å²) in [5, 5.41) is 3.27. The fourth-order valence-electron chi connectivity index (χ4n) is 4.47. The maximum absolute atomic E-state index is 14.4. The van der Waals surface area contributed by atoms with Crippen molar-refractivity contribution in [2.45, 2.75) is 32.9 Å². The van der Waals surface area contributed by atoms with Gasteiger partial charge in [-0.3, -0.25) is 9.83 Å². The van der Waals surface area contributed by atoms with Crippen molar-refractivity contribution in [3.63, 3.8) is 0 Å². The Kier molecular flexibility index (Phi) is 8.27. The molecule has 10 nitrogen and oxygen atoms in total. The summed E-state index contributed by atoms with van der Waals surface area (Å²) in [6.45, 7) is 4.35. The number of benzene rings is 1. The van der Waals surface area contributed by atoms with Gasteiger partial charge in [-0.25, -0.2) is 24.8 Å². The number of nitrogens with two attached hydrogens (primary N) is 1. The zero-order valence-electron chi connectivity index (χ0n) is 20.1. The van der Waals surface area contributed by atoms with Gasteiger partial charge in [-0.05, 0) is 30.7 Å². The summed E-state index contributed by atoms with van der Waals surface area (Å²) in [5.74, 6) is 0.731. The van der Waals surface area contributed by atoms with E-state index in [1.54, 1.807) is 19.2 Å². The van der Waals surface area contributed by atoms with Crippen molar-refractivity contribution in [2.24, 2.45) is 4.99 Å². The van der Waals surface area contributed by atoms with Gasteiger partial charge in [0.1, 0.15) is 12.4 Å². The number of nitrogen functional groups attached to an aromatic ring is 1. The normalized spacial score (nSPS) is 18.8. The molecule has 37 heavy (non-hydrogen) atoms. The molecule has 1 aromatic carbocycles. The van der Waals surface area contributed by atoms with E-state index in [-0.39, 0.29) is 25.3 Å². The molecule has 0 bridgehead atoms. The Bertz CT molecular complexity index is 1280. The number of fused-ring (bicyclic) bond motifs is 1. The Morgan fingerprint density at radius 2 is 2.08 bits per heavy atom. The van der Waals surface area contributed by atoms with E-state index in [2.05, 4.69) is 25.7 Å². The van der Waals surface area contributed by atoms with E-state index in [0.717, 1.165) is 23.4 Å². The number of hydrogen-bond donors (Lipinski definition) is 3. The molecule has 4 N–H and O–H groups in total. The molecule has 0 unspecified atom stereocenters. The number of halogens is 1. The van der Waals surface area contributed by atoms with Crippen molar-refractivity contribution in [1.82, 2.24) is 25.7 Å². The number of hydrogen-bond acceptors (Lipinski definition) is 10. The van der Waals surface area contributed by atoms with E-state index < -0.39 is 6.04 Å². The van der Waals surface area contributed by atoms with Gasteiger partial charge in [-0.15, -0.1) is 0 Å². The number of aryl methyl sites for hydroxylation is 1. The smallest absolute Gasteiger partial charge is 0.220 e. The van der Waals surface area contributed by atoms with Crippen molar-refractivity contribution in [1.29, 1.82) is 0 Å². The summed E-state index contributed by atoms with van der Waals surface area (Å²) in [4.78, 5) is 24.0. The third-order valence-corrected chi connectivity index (χ3v) is 6.12. The van der Waals surface area contributed by atoms with E-state index in [0.29, 0.717) is 54.8 Å². The standard InChI is InChI=1S/C25H28FN7O3.CH4/c1-14-23-21(32-25(27)29-14)11-20(31-24(23)33-36-13-16-12-28-8-9-35-16)17-7-6-15(26)10-18(17)19-4-3-5-22(30-19)34-2;/h3-7,10,16,20,28H,8-9,11-13H2,1-2H3,(H,31,33)(H2,27,29,32);1H4/t16-,20+;/m0./s1. The van der Waals surface area contributed by atoms with E-state index in [4.69, 9.17) is 25.0 Å². The Hall–Kier alpha value is -3.67. The number of nitrogens with one attached hydrogen (secondary N) is 2. The molecule has 3 aromatic rings. The molecule has 5 rings (SSSR count). The Morgan fingerprint density at radius 1 is 1.22 bits per heavy atom. The number of methoxy groups -OCH3 is 1. The number of rotatable bonds is 6. The second-order valence-corrected chi connectivity index (χ2v) is 8.59. The number of ether oxygens (including phenoxy) is 2. The molecule has 0 saturated carbocycles. The van der Waals surface area contributed by atoms with Gasteiger partial charge in [0, 0.05) is 31.1 Å². The highest BCUT2D eigenvalue weighted by molar-refractivity contribution is 6.01. The van der Waals surface area contributed by atoms with Gasteiger partial charge in [-0.1, -0.05) is 19.6 Å². The SMILES string of the molecule is C.COc1cccc(-c2cc(F)ccc2[C@H]2Cc3nc(N)nc(C)c3C(NOC[C@@H]3CNCCO3)=N2)n1. The molecular formula is C26H32FN7O3. The average molecular weight is 510 g/mol. The number of pyridine rings is 1. The van der Waals surface area contributed by atoms with Crippen molar-refractivity contribution in [3.8, 4) is 17.1 Å². The first kappa shape index (κ1) is 26.4. The minimum Gasteiger partial charge on any atom is -0.481 e. The molecule has 0 amide bonds. The molecule has 2 aliphatic rings. The fraction of sp³-hybridized carbons (Fsp3) is 0.385. The van der Waals surface area contributed by atoms with E-state index in [1.165, 1.54) is 12.1 Å². The maximum Gasteiger partial charge on any atom is 0.220 e. The van der Waals surface area contributed by atoms with Gasteiger partial charge in [0.2, 0.25) is 11.8 Å². The van der Waals surface area contributed by atoms with Crippen LogP contribution in [0.15, 0.2) is 41.4 Å². The van der Waals surface area contributed by atoms with E-state index in [1.807, 2.05) is 19.1 Å². The van der Waals surface area contributed by atoms with Crippen LogP contribution in [0.4, 0.5) is 10.3 Å². The number of hydroxylamine groups is 1. The lowest BCUT2D eigenvalue weighted by Gasteiger charge is -2.27. The molecule has 0 spiro atoms. The van der Waals surface area contributed by atoms with Gasteiger partial charge >= 0.3 is 0 Å². The minimum absolute atomic E-state index is 0. The summed E-state index contributed by atoms with van der Waals surface area (Å²) in [6, 6.07) is 9.57. The van der Waals surface area contributed by atoms with Crippen molar-refractivity contribution >= 4 is 11.8 Å². The van der Waals surface area contributed by atoms with Gasteiger partial charge in [0.15, 0.2) is 5.84 Å². The van der Waals surface area contributed by atoms with Gasteiger partial charge in [0.05, 0.1) is 48.5 Å². The molecule has 0 radical (unpaired) electrons. The maximum atomic E-state index is 14.4. The van der Waals surface area contributed by atoms with Gasteiger partial charge < -0.3 is 20.5 Å². The van der Waals surface area contributed by atoms with Crippen LogP contribution in [-0.4, -0.2) is 60.3 Å². The van der Waals surface area contributed by atoms with E-state index >= 15 is 0 Å². The Balaban J connectivity index is 0.00000320. The molecule has 4 heterocycles. The first-order valence-corrected chi connectivity index (χ1v) is 11.7. The van der Waals surface area contributed by atoms with Crippen LogP contribution in [0.5, 0.6) is 5.88 Å². The number of anilines is 1. The second-order valence-electron chi connectivity index (χ2n) is 8.59. The summed E-state index contributed by atoms with van der Waals surface area (Å²) in [6.07, 6.45) is 0.379. The van der Waals surface area contributed by atoms with Crippen LogP contribution in [-0.2, 0) is 16.0 Å². The highest BCUT2D eigenvalue weighted by atomic mass is 19.1. The molecule has 2 aromatic heterocycles. The largest absolute Gasteiger partial charge is 0.481 e. The third kappa shape index (κ3) is 5.85. The Morgan fingerprint density at radius 3 is 2.86 bits per heavy atom. The van der Waals surface area contributed by atoms with Crippen molar-refractivity contribution in [3.05, 3.63) is 64.7 Å². The highest BCUT2D eigenvalue weighted by Gasteiger charge is 2.29. The van der Waals surface area contributed by atoms with Crippen LogP contribution in [0, 0.1) is 12.7 Å². The molecule has 0 aliphatic carbocycles. The number of nitrogens with zero attached hydrogens (tertiary/aromatic N) is 4. The molecule has 2 aliphatic heterocycles. The topological polar surface area (TPSA) is 129 Å². The monoisotopic (exact) mass is 509 g/mol. The predicted molar refractivity (Wildman–Crippen MR) is 139 cm³/mol. The Labute approximate surface area is 215 Å². The number of morpholine rings is 1. The molecule has 1 fully saturated rings. The van der Waals surface area contributed by atoms with Crippen molar-refractivity contribution in [2.75, 3.05) is 39.1 Å². The molecule has 11 heteroatoms. The van der Waals surface area contributed by atoms with Crippen LogP contribution in [0.25, 0.3) is 11.3 Å². The summed E-state index contributed by atoms with van der Waals surface area (Å²) in [5.41, 5.74) is 13.1. The van der Waals surface area contributed by atoms with Crippen molar-refractivity contribution < 1.29 is 18.7 Å². The lowest BCUT2D eigenvalue weighted by molar-refractivity contribution is -0.0470. The van der Waals surface area contributed by atoms with Crippen LogP contribution in [0.3, 0.4) is 0 Å². The van der Waals surface area contributed by atoms with Crippen LogP contribution >= 0.6 is 0 Å².